The molecule has 1 atom stereocenters. The first-order chi connectivity index (χ1) is 16.8. The van der Waals surface area contributed by atoms with Crippen LogP contribution in [0.25, 0.3) is 22.2 Å². The Morgan fingerprint density at radius 2 is 1.60 bits per heavy atom. The van der Waals surface area contributed by atoms with Crippen molar-refractivity contribution in [1.82, 2.24) is 18.3 Å². The lowest BCUT2D eigenvalue weighted by Crippen LogP contribution is -2.24. The molecule has 0 radical (unpaired) electrons. The normalized spacial score (nSPS) is 12.8. The van der Waals surface area contributed by atoms with E-state index in [1.54, 1.807) is 55.4 Å². The quantitative estimate of drug-likeness (QED) is 0.359. The summed E-state index contributed by atoms with van der Waals surface area (Å²) < 4.78 is 32.1. The highest BCUT2D eigenvalue weighted by molar-refractivity contribution is 7.89. The molecule has 3 heterocycles. The van der Waals surface area contributed by atoms with E-state index in [2.05, 4.69) is 12.0 Å². The summed E-state index contributed by atoms with van der Waals surface area (Å²) in [6, 6.07) is 20.8. The Morgan fingerprint density at radius 3 is 2.23 bits per heavy atom. The van der Waals surface area contributed by atoms with E-state index < -0.39 is 10.0 Å². The molecule has 1 unspecified atom stereocenters. The van der Waals surface area contributed by atoms with Gasteiger partial charge in [0.1, 0.15) is 5.52 Å². The van der Waals surface area contributed by atoms with Gasteiger partial charge in [-0.1, -0.05) is 67.6 Å². The van der Waals surface area contributed by atoms with Crippen LogP contribution in [-0.2, 0) is 29.9 Å². The number of pyridine rings is 1. The molecule has 0 aliphatic heterocycles. The SMILES string of the molecule is CC(c1ccccc1)c1cn(C)c(=O)c2c1cc(-c1cnn(C)c1)n2S(=O)(=O)Cc1ccccc1. The van der Waals surface area contributed by atoms with Crippen molar-refractivity contribution in [3.05, 3.63) is 112 Å². The Kier molecular flexibility index (Phi) is 5.68. The van der Waals surface area contributed by atoms with E-state index in [9.17, 15) is 13.2 Å². The molecule has 5 aromatic rings. The average Bonchev–Trinajstić information content (AvgIpc) is 3.46. The van der Waals surface area contributed by atoms with Crippen LogP contribution in [0, 0.1) is 0 Å². The van der Waals surface area contributed by atoms with Gasteiger partial charge < -0.3 is 4.57 Å². The molecule has 8 heteroatoms. The van der Waals surface area contributed by atoms with E-state index in [0.29, 0.717) is 22.2 Å². The Balaban J connectivity index is 1.83. The average molecular weight is 487 g/mol. The fourth-order valence-corrected chi connectivity index (χ4v) is 6.23. The highest BCUT2D eigenvalue weighted by atomic mass is 32.2. The number of hydrogen-bond acceptors (Lipinski definition) is 4. The molecule has 3 aromatic heterocycles. The van der Waals surface area contributed by atoms with E-state index in [4.69, 9.17) is 0 Å². The van der Waals surface area contributed by atoms with Crippen LogP contribution in [0.1, 0.15) is 29.5 Å². The molecular formula is C27H26N4O3S. The van der Waals surface area contributed by atoms with Crippen LogP contribution in [0.4, 0.5) is 0 Å². The first-order valence-corrected chi connectivity index (χ1v) is 12.9. The summed E-state index contributed by atoms with van der Waals surface area (Å²) in [5, 5.41) is 4.87. The highest BCUT2D eigenvalue weighted by Gasteiger charge is 2.28. The third-order valence-electron chi connectivity index (χ3n) is 6.36. The Bertz CT molecular complexity index is 1680. The molecule has 0 bridgehead atoms. The third kappa shape index (κ3) is 4.10. The minimum Gasteiger partial charge on any atom is -0.316 e. The van der Waals surface area contributed by atoms with Gasteiger partial charge >= 0.3 is 0 Å². The van der Waals surface area contributed by atoms with Crippen molar-refractivity contribution >= 4 is 20.9 Å². The molecule has 7 nitrogen and oxygen atoms in total. The van der Waals surface area contributed by atoms with E-state index in [0.717, 1.165) is 11.1 Å². The predicted octanol–water partition coefficient (Wildman–Crippen LogP) is 4.27. The van der Waals surface area contributed by atoms with Crippen molar-refractivity contribution in [3.63, 3.8) is 0 Å². The lowest BCUT2D eigenvalue weighted by Gasteiger charge is -2.16. The van der Waals surface area contributed by atoms with Gasteiger partial charge in [0, 0.05) is 43.4 Å². The van der Waals surface area contributed by atoms with Gasteiger partial charge in [0.2, 0.25) is 10.0 Å². The molecular weight excluding hydrogens is 460 g/mol. The maximum absolute atomic E-state index is 13.9. The summed E-state index contributed by atoms with van der Waals surface area (Å²) in [7, 11) is -0.511. The molecule has 178 valence electrons. The number of hydrogen-bond donors (Lipinski definition) is 0. The lowest BCUT2D eigenvalue weighted by molar-refractivity contribution is 0.588. The number of benzene rings is 2. The number of aromatic nitrogens is 4. The molecule has 0 spiro atoms. The summed E-state index contributed by atoms with van der Waals surface area (Å²) in [6.45, 7) is 2.06. The molecule has 0 aliphatic rings. The van der Waals surface area contributed by atoms with Gasteiger partial charge in [-0.25, -0.2) is 12.4 Å². The second-order valence-corrected chi connectivity index (χ2v) is 10.7. The van der Waals surface area contributed by atoms with Gasteiger partial charge in [-0.15, -0.1) is 0 Å². The van der Waals surface area contributed by atoms with Crippen molar-refractivity contribution in [2.24, 2.45) is 14.1 Å². The zero-order valence-electron chi connectivity index (χ0n) is 19.8. The van der Waals surface area contributed by atoms with Gasteiger partial charge in [0.25, 0.3) is 5.56 Å². The second-order valence-electron chi connectivity index (χ2n) is 8.83. The Labute approximate surface area is 203 Å². The third-order valence-corrected chi connectivity index (χ3v) is 8.00. The monoisotopic (exact) mass is 486 g/mol. The molecule has 0 N–H and O–H groups in total. The molecule has 0 saturated heterocycles. The fraction of sp³-hybridized carbons (Fsp3) is 0.185. The van der Waals surface area contributed by atoms with Crippen LogP contribution < -0.4 is 5.56 Å². The highest BCUT2D eigenvalue weighted by Crippen LogP contribution is 2.35. The van der Waals surface area contributed by atoms with Gasteiger partial charge in [0.15, 0.2) is 0 Å². The zero-order chi connectivity index (χ0) is 24.7. The van der Waals surface area contributed by atoms with Crippen molar-refractivity contribution in [1.29, 1.82) is 0 Å². The molecule has 2 aromatic carbocycles. The fourth-order valence-electron chi connectivity index (χ4n) is 4.58. The van der Waals surface area contributed by atoms with Crippen LogP contribution in [0.15, 0.2) is 90.1 Å². The standard InChI is InChI=1S/C27H26N4O3S/c1-19(21-12-8-5-9-13-21)24-17-29(2)27(32)26-23(24)14-25(22-15-28-30(3)16-22)31(26)35(33,34)18-20-10-6-4-7-11-20/h4-17,19H,18H2,1-3H3. The largest absolute Gasteiger partial charge is 0.316 e. The summed E-state index contributed by atoms with van der Waals surface area (Å²) >= 11 is 0. The molecule has 0 fully saturated rings. The number of aryl methyl sites for hydroxylation is 2. The first kappa shape index (κ1) is 22.9. The minimum absolute atomic E-state index is 0.0556. The zero-order valence-corrected chi connectivity index (χ0v) is 20.6. The maximum atomic E-state index is 13.9. The van der Waals surface area contributed by atoms with Crippen molar-refractivity contribution < 1.29 is 8.42 Å². The molecule has 35 heavy (non-hydrogen) atoms. The molecule has 5 rings (SSSR count). The topological polar surface area (TPSA) is 78.9 Å². The number of fused-ring (bicyclic) bond motifs is 1. The van der Waals surface area contributed by atoms with Gasteiger partial charge in [-0.05, 0) is 22.8 Å². The van der Waals surface area contributed by atoms with Crippen LogP contribution in [-0.4, -0.2) is 26.7 Å². The lowest BCUT2D eigenvalue weighted by atomic mass is 9.92. The van der Waals surface area contributed by atoms with Crippen LogP contribution >= 0.6 is 0 Å². The number of nitrogens with zero attached hydrogens (tertiary/aromatic N) is 4. The number of rotatable bonds is 6. The van der Waals surface area contributed by atoms with Crippen LogP contribution in [0.2, 0.25) is 0 Å². The predicted molar refractivity (Wildman–Crippen MR) is 138 cm³/mol. The summed E-state index contributed by atoms with van der Waals surface area (Å²) in [4.78, 5) is 13.5. The van der Waals surface area contributed by atoms with Crippen molar-refractivity contribution in [2.45, 2.75) is 18.6 Å². The smallest absolute Gasteiger partial charge is 0.275 e. The molecule has 0 saturated carbocycles. The van der Waals surface area contributed by atoms with E-state index in [-0.39, 0.29) is 22.7 Å². The van der Waals surface area contributed by atoms with E-state index >= 15 is 0 Å². The maximum Gasteiger partial charge on any atom is 0.275 e. The first-order valence-electron chi connectivity index (χ1n) is 11.3. The molecule has 0 amide bonds. The summed E-state index contributed by atoms with van der Waals surface area (Å²) in [6.07, 6.45) is 5.19. The Hall–Kier alpha value is -3.91. The van der Waals surface area contributed by atoms with Crippen molar-refractivity contribution in [2.75, 3.05) is 0 Å². The van der Waals surface area contributed by atoms with Gasteiger partial charge in [-0.3, -0.25) is 9.48 Å². The Morgan fingerprint density at radius 1 is 0.943 bits per heavy atom. The summed E-state index contributed by atoms with van der Waals surface area (Å²) in [5.41, 5.74) is 3.45. The van der Waals surface area contributed by atoms with Crippen molar-refractivity contribution in [3.8, 4) is 11.3 Å². The van der Waals surface area contributed by atoms with Crippen LogP contribution in [0.3, 0.4) is 0 Å². The molecule has 0 aliphatic carbocycles. The van der Waals surface area contributed by atoms with E-state index in [1.165, 1.54) is 8.54 Å². The minimum atomic E-state index is -3.95. The van der Waals surface area contributed by atoms with Gasteiger partial charge in [-0.2, -0.15) is 5.10 Å². The van der Waals surface area contributed by atoms with Crippen LogP contribution in [0.5, 0.6) is 0 Å². The second kappa shape index (κ2) is 8.70. The summed E-state index contributed by atoms with van der Waals surface area (Å²) in [5.74, 6) is -0.285. The van der Waals surface area contributed by atoms with Gasteiger partial charge in [0.05, 0.1) is 17.6 Å². The van der Waals surface area contributed by atoms with E-state index in [1.807, 2.05) is 48.7 Å².